The first-order chi connectivity index (χ1) is 11.7. The van der Waals surface area contributed by atoms with Crippen LogP contribution in [0.4, 0.5) is 0 Å². The maximum absolute atomic E-state index is 11.0. The zero-order valence-electron chi connectivity index (χ0n) is 15.2. The molecule has 0 aromatic heterocycles. The van der Waals surface area contributed by atoms with Crippen molar-refractivity contribution in [1.82, 2.24) is 0 Å². The van der Waals surface area contributed by atoms with Crippen LogP contribution in [0.1, 0.15) is 52.4 Å². The number of terminal acetylenes is 1. The van der Waals surface area contributed by atoms with E-state index in [1.165, 1.54) is 0 Å². The average molecular weight is 346 g/mol. The Balaban J connectivity index is 1.77. The van der Waals surface area contributed by atoms with Gasteiger partial charge < -0.3 is 20.4 Å². The summed E-state index contributed by atoms with van der Waals surface area (Å²) in [7, 11) is 0. The van der Waals surface area contributed by atoms with Crippen LogP contribution in [0.5, 0.6) is 0 Å². The second kappa shape index (κ2) is 5.33. The Morgan fingerprint density at radius 1 is 1.04 bits per heavy atom. The minimum Gasteiger partial charge on any atom is -0.390 e. The molecule has 4 N–H and O–H groups in total. The Morgan fingerprint density at radius 3 is 2.40 bits per heavy atom. The smallest absolute Gasteiger partial charge is 0.130 e. The molecule has 0 radical (unpaired) electrons. The van der Waals surface area contributed by atoms with Crippen molar-refractivity contribution in [2.24, 2.45) is 28.6 Å². The Bertz CT molecular complexity index is 651. The van der Waals surface area contributed by atoms with Gasteiger partial charge >= 0.3 is 0 Å². The molecule has 0 unspecified atom stereocenters. The molecule has 0 heterocycles. The molecular weight excluding hydrogens is 316 g/mol. The molecule has 25 heavy (non-hydrogen) atoms. The lowest BCUT2D eigenvalue weighted by molar-refractivity contribution is -0.131. The van der Waals surface area contributed by atoms with Gasteiger partial charge in [0.25, 0.3) is 0 Å². The number of rotatable bonds is 0. The van der Waals surface area contributed by atoms with Crippen LogP contribution in [-0.4, -0.2) is 44.3 Å². The molecule has 0 aliphatic heterocycles. The molecule has 0 bridgehead atoms. The molecule has 0 aromatic rings. The molecule has 3 saturated carbocycles. The van der Waals surface area contributed by atoms with Crippen molar-refractivity contribution in [2.45, 2.75) is 76.3 Å². The van der Waals surface area contributed by atoms with Crippen LogP contribution in [0.2, 0.25) is 0 Å². The summed E-state index contributed by atoms with van der Waals surface area (Å²) in [5.74, 6) is 3.14. The minimum atomic E-state index is -1.09. The lowest BCUT2D eigenvalue weighted by atomic mass is 9.46. The van der Waals surface area contributed by atoms with Gasteiger partial charge in [0.15, 0.2) is 0 Å². The first kappa shape index (κ1) is 17.5. The van der Waals surface area contributed by atoms with Crippen LogP contribution < -0.4 is 0 Å². The van der Waals surface area contributed by atoms with Gasteiger partial charge in [0.2, 0.25) is 0 Å². The number of hydrogen-bond donors (Lipinski definition) is 4. The minimum absolute atomic E-state index is 0.0531. The molecule has 9 atom stereocenters. The monoisotopic (exact) mass is 346 g/mol. The first-order valence-electron chi connectivity index (χ1n) is 9.64. The normalized spacial score (nSPS) is 57.7. The van der Waals surface area contributed by atoms with E-state index < -0.39 is 23.9 Å². The summed E-state index contributed by atoms with van der Waals surface area (Å²) >= 11 is 0. The predicted octanol–water partition coefficient (Wildman–Crippen LogP) is 1.62. The Kier molecular flexibility index (Phi) is 3.74. The fourth-order valence-electron chi connectivity index (χ4n) is 6.95. The van der Waals surface area contributed by atoms with Gasteiger partial charge in [-0.1, -0.05) is 25.8 Å². The molecular formula is C21H30O4. The van der Waals surface area contributed by atoms with E-state index in [4.69, 9.17) is 6.42 Å². The lowest BCUT2D eigenvalue weighted by Crippen LogP contribution is -2.59. The van der Waals surface area contributed by atoms with Crippen LogP contribution in [0.25, 0.3) is 0 Å². The SMILES string of the molecule is C#C[C@]1(O)CC[C@H]2[C@@H]3[C@@H](O)C=C4[C@H](O)[C@@H](O)CC[C@]4(C)[C@H]3CC[C@@]21C. The van der Waals surface area contributed by atoms with Crippen molar-refractivity contribution in [1.29, 1.82) is 0 Å². The maximum Gasteiger partial charge on any atom is 0.130 e. The van der Waals surface area contributed by atoms with Gasteiger partial charge in [0.1, 0.15) is 11.7 Å². The Labute approximate surface area is 150 Å². The summed E-state index contributed by atoms with van der Waals surface area (Å²) < 4.78 is 0. The molecule has 3 fully saturated rings. The van der Waals surface area contributed by atoms with Crippen LogP contribution in [-0.2, 0) is 0 Å². The van der Waals surface area contributed by atoms with E-state index in [9.17, 15) is 20.4 Å². The van der Waals surface area contributed by atoms with Crippen molar-refractivity contribution in [3.05, 3.63) is 11.6 Å². The third-order valence-corrected chi connectivity index (χ3v) is 8.59. The Hall–Kier alpha value is -0.860. The molecule has 4 nitrogen and oxygen atoms in total. The molecule has 138 valence electrons. The van der Waals surface area contributed by atoms with Crippen LogP contribution >= 0.6 is 0 Å². The zero-order chi connectivity index (χ0) is 18.2. The second-order valence-corrected chi connectivity index (χ2v) is 9.37. The standard InChI is InChI=1S/C21H30O4/c1-4-21(25)10-6-13-17-12(5-9-20(13,21)3)19(2)8-7-15(22)18(24)14(19)11-16(17)23/h1,11-13,15-18,22-25H,5-10H2,2-3H3/t12-,13-,15-,16-,17+,18-,19+,20-,21-/m0/s1. The number of fused-ring (bicyclic) bond motifs is 5. The van der Waals surface area contributed by atoms with E-state index in [-0.39, 0.29) is 28.6 Å². The van der Waals surface area contributed by atoms with Crippen molar-refractivity contribution < 1.29 is 20.4 Å². The van der Waals surface area contributed by atoms with Crippen molar-refractivity contribution >= 4 is 0 Å². The van der Waals surface area contributed by atoms with E-state index in [2.05, 4.69) is 19.8 Å². The van der Waals surface area contributed by atoms with Gasteiger partial charge in [0, 0.05) is 5.41 Å². The van der Waals surface area contributed by atoms with Crippen molar-refractivity contribution in [3.63, 3.8) is 0 Å². The quantitative estimate of drug-likeness (QED) is 0.397. The fraction of sp³-hybridized carbons (Fsp3) is 0.810. The van der Waals surface area contributed by atoms with Crippen molar-refractivity contribution in [3.8, 4) is 12.3 Å². The fourth-order valence-corrected chi connectivity index (χ4v) is 6.95. The summed E-state index contributed by atoms with van der Waals surface area (Å²) in [6, 6.07) is 0. The highest BCUT2D eigenvalue weighted by Gasteiger charge is 2.65. The van der Waals surface area contributed by atoms with E-state index >= 15 is 0 Å². The highest BCUT2D eigenvalue weighted by molar-refractivity contribution is 5.33. The highest BCUT2D eigenvalue weighted by atomic mass is 16.3. The third-order valence-electron chi connectivity index (χ3n) is 8.59. The summed E-state index contributed by atoms with van der Waals surface area (Å²) in [6.07, 6.45) is 9.78. The van der Waals surface area contributed by atoms with Gasteiger partial charge in [-0.3, -0.25) is 0 Å². The molecule has 4 aliphatic carbocycles. The largest absolute Gasteiger partial charge is 0.390 e. The molecule has 0 aromatic carbocycles. The van der Waals surface area contributed by atoms with Gasteiger partial charge in [-0.15, -0.1) is 6.42 Å². The molecule has 4 heteroatoms. The number of aliphatic hydroxyl groups is 4. The predicted molar refractivity (Wildman–Crippen MR) is 94.3 cm³/mol. The Morgan fingerprint density at radius 2 is 1.72 bits per heavy atom. The molecule has 0 amide bonds. The lowest BCUT2D eigenvalue weighted by Gasteiger charge is -2.60. The van der Waals surface area contributed by atoms with Gasteiger partial charge in [-0.25, -0.2) is 0 Å². The second-order valence-electron chi connectivity index (χ2n) is 9.37. The maximum atomic E-state index is 11.0. The zero-order valence-corrected chi connectivity index (χ0v) is 15.2. The number of hydrogen-bond acceptors (Lipinski definition) is 4. The topological polar surface area (TPSA) is 80.9 Å². The highest BCUT2D eigenvalue weighted by Crippen LogP contribution is 2.66. The van der Waals surface area contributed by atoms with E-state index in [1.807, 2.05) is 0 Å². The van der Waals surface area contributed by atoms with Crippen LogP contribution in [0.3, 0.4) is 0 Å². The summed E-state index contributed by atoms with van der Waals surface area (Å²) in [5.41, 5.74) is -0.830. The van der Waals surface area contributed by atoms with Gasteiger partial charge in [-0.05, 0) is 67.3 Å². The summed E-state index contributed by atoms with van der Waals surface area (Å²) in [4.78, 5) is 0. The summed E-state index contributed by atoms with van der Waals surface area (Å²) in [6.45, 7) is 4.27. The molecule has 4 aliphatic rings. The van der Waals surface area contributed by atoms with Crippen LogP contribution in [0, 0.1) is 40.9 Å². The molecule has 4 rings (SSSR count). The van der Waals surface area contributed by atoms with E-state index in [1.54, 1.807) is 6.08 Å². The van der Waals surface area contributed by atoms with E-state index in [0.717, 1.165) is 31.3 Å². The van der Waals surface area contributed by atoms with Crippen molar-refractivity contribution in [2.75, 3.05) is 0 Å². The van der Waals surface area contributed by atoms with E-state index in [0.29, 0.717) is 12.8 Å². The first-order valence-corrected chi connectivity index (χ1v) is 9.64. The summed E-state index contributed by atoms with van der Waals surface area (Å²) in [5, 5.41) is 42.5. The third kappa shape index (κ3) is 2.04. The van der Waals surface area contributed by atoms with Crippen LogP contribution in [0.15, 0.2) is 11.6 Å². The number of aliphatic hydroxyl groups excluding tert-OH is 3. The molecule has 0 saturated heterocycles. The van der Waals surface area contributed by atoms with Gasteiger partial charge in [-0.2, -0.15) is 0 Å². The average Bonchev–Trinajstić information content (AvgIpc) is 2.86. The van der Waals surface area contributed by atoms with Gasteiger partial charge in [0.05, 0.1) is 12.2 Å². The molecule has 0 spiro atoms.